The van der Waals surface area contributed by atoms with Gasteiger partial charge < -0.3 is 39.0 Å². The van der Waals surface area contributed by atoms with Gasteiger partial charge in [-0.15, -0.1) is 0 Å². The monoisotopic (exact) mass is 607 g/mol. The fourth-order valence-corrected chi connectivity index (χ4v) is 5.29. The van der Waals surface area contributed by atoms with Crippen molar-refractivity contribution < 1.29 is 39.0 Å². The van der Waals surface area contributed by atoms with Gasteiger partial charge in [-0.25, -0.2) is 0 Å². The third-order valence-corrected chi connectivity index (χ3v) is 7.89. The molecule has 0 aromatic rings. The van der Waals surface area contributed by atoms with Crippen LogP contribution in [0, 0.1) is 0 Å². The molecule has 0 amide bonds. The summed E-state index contributed by atoms with van der Waals surface area (Å²) in [6.45, 7) is 30.0. The molecule has 0 atom stereocenters. The van der Waals surface area contributed by atoms with E-state index in [0.717, 1.165) is 0 Å². The molecule has 0 aliphatic carbocycles. The van der Waals surface area contributed by atoms with Crippen molar-refractivity contribution in [1.29, 1.82) is 0 Å². The molecule has 2 N–H and O–H groups in total. The lowest BCUT2D eigenvalue weighted by atomic mass is 10.1. The van der Waals surface area contributed by atoms with Gasteiger partial charge in [-0.2, -0.15) is 0 Å². The summed E-state index contributed by atoms with van der Waals surface area (Å²) >= 11 is 0. The minimum Gasteiger partial charge on any atom is -0.565 e. The van der Waals surface area contributed by atoms with E-state index in [1.165, 1.54) is 164 Å². The van der Waals surface area contributed by atoms with Crippen LogP contribution in [0.3, 0.4) is 0 Å². The SMILES string of the molecule is CCCC[N+](CCCC)(CCCC)CCCC.CCCC[N+](CCCC)(CCCC)CCCC.O=C([O-])O.O=C([O-])O. The van der Waals surface area contributed by atoms with Crippen LogP contribution in [0.2, 0.25) is 0 Å². The van der Waals surface area contributed by atoms with Crippen molar-refractivity contribution in [2.75, 3.05) is 52.4 Å². The first kappa shape index (κ1) is 47.4. The van der Waals surface area contributed by atoms with Crippen LogP contribution in [0.1, 0.15) is 158 Å². The van der Waals surface area contributed by atoms with Gasteiger partial charge in [-0.05, 0) is 51.4 Å². The zero-order valence-corrected chi connectivity index (χ0v) is 29.4. The molecule has 0 saturated heterocycles. The van der Waals surface area contributed by atoms with Crippen LogP contribution in [0.4, 0.5) is 9.59 Å². The van der Waals surface area contributed by atoms with Crippen LogP contribution >= 0.6 is 0 Å². The number of rotatable bonds is 24. The Morgan fingerprint density at radius 1 is 0.381 bits per heavy atom. The van der Waals surface area contributed by atoms with Crippen molar-refractivity contribution in [3.63, 3.8) is 0 Å². The highest BCUT2D eigenvalue weighted by Gasteiger charge is 2.25. The van der Waals surface area contributed by atoms with Gasteiger partial charge in [0, 0.05) is 0 Å². The molecule has 0 saturated carbocycles. The number of carboxylic acid groups (broad SMARTS) is 4. The van der Waals surface area contributed by atoms with Crippen LogP contribution < -0.4 is 10.2 Å². The van der Waals surface area contributed by atoms with E-state index < -0.39 is 12.3 Å². The first-order valence-corrected chi connectivity index (χ1v) is 17.5. The molecule has 0 aromatic heterocycles. The minimum absolute atomic E-state index is 1.35. The highest BCUT2D eigenvalue weighted by atomic mass is 16.6. The molecule has 0 rings (SSSR count). The second kappa shape index (κ2) is 35.7. The molecule has 0 unspecified atom stereocenters. The topological polar surface area (TPSA) is 121 Å². The van der Waals surface area contributed by atoms with Gasteiger partial charge in [0.05, 0.1) is 52.4 Å². The van der Waals surface area contributed by atoms with E-state index in [0.29, 0.717) is 0 Å². The molecular formula is C34H74N2O6. The molecule has 256 valence electrons. The summed E-state index contributed by atoms with van der Waals surface area (Å²) in [6.07, 6.45) is 18.0. The van der Waals surface area contributed by atoms with Crippen LogP contribution in [0.5, 0.6) is 0 Å². The maximum atomic E-state index is 8.44. The summed E-state index contributed by atoms with van der Waals surface area (Å²) < 4.78 is 2.84. The van der Waals surface area contributed by atoms with Crippen molar-refractivity contribution >= 4 is 12.3 Å². The van der Waals surface area contributed by atoms with Gasteiger partial charge in [0.15, 0.2) is 0 Å². The maximum absolute atomic E-state index is 8.44. The summed E-state index contributed by atoms with van der Waals surface area (Å²) in [5.41, 5.74) is 0. The highest BCUT2D eigenvalue weighted by molar-refractivity contribution is 5.50. The molecule has 0 aliphatic rings. The molecule has 0 bridgehead atoms. The first-order chi connectivity index (χ1) is 19.9. The number of hydrogen-bond acceptors (Lipinski definition) is 4. The first-order valence-electron chi connectivity index (χ1n) is 17.5. The Balaban J connectivity index is -0.000000273. The normalized spacial score (nSPS) is 10.9. The average molecular weight is 607 g/mol. The number of carbonyl (C=O) groups is 2. The Morgan fingerprint density at radius 3 is 0.548 bits per heavy atom. The molecule has 0 fully saturated rings. The van der Waals surface area contributed by atoms with Crippen molar-refractivity contribution in [3.05, 3.63) is 0 Å². The molecule has 0 aliphatic heterocycles. The number of quaternary nitrogens is 2. The Labute approximate surface area is 261 Å². The summed E-state index contributed by atoms with van der Waals surface area (Å²) in [4.78, 5) is 16.9. The van der Waals surface area contributed by atoms with Gasteiger partial charge >= 0.3 is 0 Å². The molecule has 8 heteroatoms. The zero-order valence-electron chi connectivity index (χ0n) is 29.4. The van der Waals surface area contributed by atoms with Gasteiger partial charge in [0.25, 0.3) is 0 Å². The summed E-state index contributed by atoms with van der Waals surface area (Å²) in [7, 11) is 0. The summed E-state index contributed by atoms with van der Waals surface area (Å²) in [6, 6.07) is 0. The van der Waals surface area contributed by atoms with Crippen molar-refractivity contribution in [2.45, 2.75) is 158 Å². The van der Waals surface area contributed by atoms with Crippen LogP contribution in [-0.2, 0) is 0 Å². The van der Waals surface area contributed by atoms with Crippen LogP contribution in [0.15, 0.2) is 0 Å². The van der Waals surface area contributed by atoms with Crippen LogP contribution in [-0.4, -0.2) is 83.8 Å². The highest BCUT2D eigenvalue weighted by Crippen LogP contribution is 2.17. The molecule has 0 radical (unpaired) electrons. The van der Waals surface area contributed by atoms with E-state index in [4.69, 9.17) is 30.0 Å². The largest absolute Gasteiger partial charge is 0.565 e. The quantitative estimate of drug-likeness (QED) is 0.108. The number of nitrogens with zero attached hydrogens (tertiary/aromatic N) is 2. The van der Waals surface area contributed by atoms with Gasteiger partial charge in [0.1, 0.15) is 0 Å². The number of unbranched alkanes of at least 4 members (excludes halogenated alkanes) is 8. The van der Waals surface area contributed by atoms with Crippen molar-refractivity contribution in [1.82, 2.24) is 0 Å². The minimum atomic E-state index is -2.08. The number of hydrogen-bond donors (Lipinski definition) is 2. The second-order valence-corrected chi connectivity index (χ2v) is 11.8. The third-order valence-electron chi connectivity index (χ3n) is 7.89. The van der Waals surface area contributed by atoms with E-state index in [1.54, 1.807) is 0 Å². The average Bonchev–Trinajstić information content (AvgIpc) is 2.95. The fraction of sp³-hybridized carbons (Fsp3) is 0.941. The predicted octanol–water partition coefficient (Wildman–Crippen LogP) is 7.78. The maximum Gasteiger partial charge on any atom is 0.249 e. The van der Waals surface area contributed by atoms with E-state index >= 15 is 0 Å². The summed E-state index contributed by atoms with van der Waals surface area (Å²) in [5.74, 6) is 0. The van der Waals surface area contributed by atoms with Crippen molar-refractivity contribution in [3.8, 4) is 0 Å². The Morgan fingerprint density at radius 2 is 0.476 bits per heavy atom. The lowest BCUT2D eigenvalue weighted by Gasteiger charge is -2.39. The van der Waals surface area contributed by atoms with E-state index in [9.17, 15) is 0 Å². The second-order valence-electron chi connectivity index (χ2n) is 11.8. The van der Waals surface area contributed by atoms with Gasteiger partial charge in [0.2, 0.25) is 12.3 Å². The molecule has 0 spiro atoms. The zero-order chi connectivity index (χ0) is 33.1. The fourth-order valence-electron chi connectivity index (χ4n) is 5.29. The van der Waals surface area contributed by atoms with E-state index in [2.05, 4.69) is 55.4 Å². The Hall–Kier alpha value is -1.54. The lowest BCUT2D eigenvalue weighted by molar-refractivity contribution is -0.929. The smallest absolute Gasteiger partial charge is 0.249 e. The Kier molecular flexibility index (Phi) is 40.2. The van der Waals surface area contributed by atoms with E-state index in [1.807, 2.05) is 0 Å². The molecule has 0 heterocycles. The van der Waals surface area contributed by atoms with E-state index in [-0.39, 0.29) is 0 Å². The van der Waals surface area contributed by atoms with Gasteiger partial charge in [-0.1, -0.05) is 107 Å². The lowest BCUT2D eigenvalue weighted by Crippen LogP contribution is -2.50. The Bertz CT molecular complexity index is 429. The van der Waals surface area contributed by atoms with Gasteiger partial charge in [-0.3, -0.25) is 0 Å². The molecule has 0 aromatic carbocycles. The predicted molar refractivity (Wildman–Crippen MR) is 175 cm³/mol. The molecule has 8 nitrogen and oxygen atoms in total. The summed E-state index contributed by atoms with van der Waals surface area (Å²) in [5, 5.41) is 30.6. The van der Waals surface area contributed by atoms with Crippen molar-refractivity contribution in [2.24, 2.45) is 0 Å². The van der Waals surface area contributed by atoms with Crippen LogP contribution in [0.25, 0.3) is 0 Å². The standard InChI is InChI=1S/2C16H36N.2CH2O3/c2*1-5-9-13-17(14-10-6-2,15-11-7-3)16-12-8-4;2*2-1(3)4/h2*5-16H2,1-4H3;2*(H2,2,3,4)/q2*+1;;/p-2. The molecule has 42 heavy (non-hydrogen) atoms. The third kappa shape index (κ3) is 36.5. The molecular weight excluding hydrogens is 532 g/mol.